The van der Waals surface area contributed by atoms with Gasteiger partial charge < -0.3 is 24.6 Å². The molecule has 0 saturated heterocycles. The van der Waals surface area contributed by atoms with Crippen LogP contribution in [0.25, 0.3) is 11.2 Å². The van der Waals surface area contributed by atoms with Crippen LogP contribution < -0.4 is 10.8 Å². The van der Waals surface area contributed by atoms with E-state index < -0.39 is 7.52 Å². The second-order valence-corrected chi connectivity index (χ2v) is 17.1. The third kappa shape index (κ3) is 15.0. The quantitative estimate of drug-likeness (QED) is 0.0635. The SMILES string of the molecule is CCCCCCCCCCCCCCCCS(=S)CCOP(=O)(CO[C@H](C)Cn1cnc2c(N)ncnc21)Nc1ccccc1. The van der Waals surface area contributed by atoms with Crippen LogP contribution in [0, 0.1) is 0 Å². The molecule has 2 unspecified atom stereocenters. The fourth-order valence-electron chi connectivity index (χ4n) is 5.24. The maximum Gasteiger partial charge on any atom is 0.319 e. The summed E-state index contributed by atoms with van der Waals surface area (Å²) in [4.78, 5) is 12.6. The first-order valence-corrected chi connectivity index (χ1v) is 21.1. The Morgan fingerprint density at radius 2 is 1.53 bits per heavy atom. The molecule has 9 nitrogen and oxygen atoms in total. The summed E-state index contributed by atoms with van der Waals surface area (Å²) in [6, 6.07) is 9.44. The molecule has 0 amide bonds. The van der Waals surface area contributed by atoms with Crippen LogP contribution >= 0.6 is 7.52 Å². The van der Waals surface area contributed by atoms with E-state index in [1.807, 2.05) is 41.8 Å². The van der Waals surface area contributed by atoms with Crippen LogP contribution in [0.2, 0.25) is 0 Å². The summed E-state index contributed by atoms with van der Waals surface area (Å²) in [5.74, 6) is 2.07. The lowest BCUT2D eigenvalue weighted by atomic mass is 10.0. The minimum absolute atomic E-state index is 0.0724. The summed E-state index contributed by atoms with van der Waals surface area (Å²) in [6.07, 6.45) is 21.7. The largest absolute Gasteiger partial charge is 0.382 e. The smallest absolute Gasteiger partial charge is 0.319 e. The van der Waals surface area contributed by atoms with Crippen molar-refractivity contribution in [2.24, 2.45) is 0 Å². The molecule has 2 aromatic heterocycles. The number of nitrogen functional groups attached to an aromatic ring is 1. The Kier molecular flexibility index (Phi) is 18.2. The molecular formula is C33H55N6O3PS2. The summed E-state index contributed by atoms with van der Waals surface area (Å²) in [6.45, 7) is 4.99. The molecule has 45 heavy (non-hydrogen) atoms. The molecule has 0 aliphatic carbocycles. The molecule has 0 radical (unpaired) electrons. The van der Waals surface area contributed by atoms with E-state index in [9.17, 15) is 4.57 Å². The number of unbranched alkanes of at least 4 members (excludes halogenated alkanes) is 13. The highest BCUT2D eigenvalue weighted by Crippen LogP contribution is 2.47. The Morgan fingerprint density at radius 3 is 2.18 bits per heavy atom. The molecule has 2 heterocycles. The van der Waals surface area contributed by atoms with Crippen LogP contribution in [0.3, 0.4) is 0 Å². The van der Waals surface area contributed by atoms with Crippen molar-refractivity contribution < 1.29 is 13.8 Å². The zero-order valence-electron chi connectivity index (χ0n) is 27.4. The second kappa shape index (κ2) is 21.8. The first-order valence-electron chi connectivity index (χ1n) is 16.8. The molecule has 3 rings (SSSR count). The second-order valence-electron chi connectivity index (χ2n) is 11.9. The summed E-state index contributed by atoms with van der Waals surface area (Å²) >= 11 is 5.75. The third-order valence-corrected chi connectivity index (χ3v) is 11.9. The number of hydrogen-bond donors (Lipinski definition) is 2. The highest BCUT2D eigenvalue weighted by Gasteiger charge is 2.25. The van der Waals surface area contributed by atoms with Crippen molar-refractivity contribution in [2.75, 3.05) is 35.3 Å². The van der Waals surface area contributed by atoms with E-state index in [1.54, 1.807) is 6.33 Å². The highest BCUT2D eigenvalue weighted by molar-refractivity contribution is 8.28. The molecule has 3 N–H and O–H groups in total. The van der Waals surface area contributed by atoms with Gasteiger partial charge in [-0.2, -0.15) is 0 Å². The predicted octanol–water partition coefficient (Wildman–Crippen LogP) is 8.65. The lowest BCUT2D eigenvalue weighted by Gasteiger charge is -2.23. The van der Waals surface area contributed by atoms with Crippen LogP contribution in [0.4, 0.5) is 11.5 Å². The zero-order chi connectivity index (χ0) is 32.2. The van der Waals surface area contributed by atoms with Gasteiger partial charge in [0.25, 0.3) is 0 Å². The number of benzene rings is 1. The van der Waals surface area contributed by atoms with Gasteiger partial charge in [-0.1, -0.05) is 120 Å². The maximum atomic E-state index is 13.9. The van der Waals surface area contributed by atoms with Gasteiger partial charge in [0.2, 0.25) is 0 Å². The standard InChI is InChI=1S/C33H55N6O3PS2/c1-3-4-5-6-7-8-9-10-11-12-13-14-15-19-23-45(44)24-22-42-43(40,38-30-20-17-16-18-21-30)28-41-29(2)25-39-27-37-31-32(34)35-26-36-33(31)39/h16-18,20-21,26-27,29H,3-15,19,22-25,28H2,1-2H3,(H,38,40)(H2,34,35,36)/t29-,43?,45?/m1/s1. The van der Waals surface area contributed by atoms with E-state index in [4.69, 9.17) is 26.2 Å². The first-order chi connectivity index (χ1) is 21.9. The zero-order valence-corrected chi connectivity index (χ0v) is 29.9. The summed E-state index contributed by atoms with van der Waals surface area (Å²) in [5, 5.41) is 3.10. The van der Waals surface area contributed by atoms with Crippen molar-refractivity contribution in [3.63, 3.8) is 0 Å². The monoisotopic (exact) mass is 678 g/mol. The Morgan fingerprint density at radius 1 is 0.911 bits per heavy atom. The molecule has 3 atom stereocenters. The van der Waals surface area contributed by atoms with Crippen LogP contribution in [0.15, 0.2) is 43.0 Å². The Balaban J connectivity index is 1.32. The van der Waals surface area contributed by atoms with Gasteiger partial charge in [-0.05, 0) is 31.2 Å². The van der Waals surface area contributed by atoms with E-state index in [0.29, 0.717) is 35.9 Å². The fourth-order valence-corrected chi connectivity index (χ4v) is 8.50. The molecule has 0 saturated carbocycles. The van der Waals surface area contributed by atoms with E-state index in [2.05, 4.69) is 27.0 Å². The van der Waals surface area contributed by atoms with E-state index in [1.165, 1.54) is 89.8 Å². The topological polar surface area (TPSA) is 117 Å². The maximum absolute atomic E-state index is 13.9. The Hall–Kier alpha value is -1.91. The number of hydrogen-bond acceptors (Lipinski definition) is 8. The van der Waals surface area contributed by atoms with E-state index in [-0.39, 0.29) is 21.9 Å². The highest BCUT2D eigenvalue weighted by atomic mass is 32.8. The van der Waals surface area contributed by atoms with Gasteiger partial charge in [0.1, 0.15) is 18.2 Å². The molecule has 3 aromatic rings. The van der Waals surface area contributed by atoms with E-state index >= 15 is 0 Å². The summed E-state index contributed by atoms with van der Waals surface area (Å²) < 4.78 is 27.8. The molecule has 0 aliphatic heterocycles. The lowest BCUT2D eigenvalue weighted by Crippen LogP contribution is -2.20. The number of fused-ring (bicyclic) bond motifs is 1. The molecule has 0 spiro atoms. The van der Waals surface area contributed by atoms with Crippen LogP contribution in [0.5, 0.6) is 0 Å². The minimum atomic E-state index is -3.34. The van der Waals surface area contributed by atoms with Gasteiger partial charge in [-0.15, -0.1) is 9.45 Å². The van der Waals surface area contributed by atoms with E-state index in [0.717, 1.165) is 17.9 Å². The van der Waals surface area contributed by atoms with Crippen molar-refractivity contribution in [2.45, 2.75) is 116 Å². The summed E-state index contributed by atoms with van der Waals surface area (Å²) in [7, 11) is -3.52. The normalized spacial score (nSPS) is 14.4. The third-order valence-electron chi connectivity index (χ3n) is 7.82. The average Bonchev–Trinajstić information content (AvgIpc) is 3.44. The van der Waals surface area contributed by atoms with Crippen LogP contribution in [-0.2, 0) is 41.0 Å². The number of ether oxygens (including phenoxy) is 1. The van der Waals surface area contributed by atoms with Gasteiger partial charge in [0.05, 0.1) is 25.6 Å². The number of aromatic nitrogens is 4. The Labute approximate surface area is 278 Å². The number of nitrogens with one attached hydrogen (secondary N) is 1. The molecule has 12 heteroatoms. The molecule has 0 fully saturated rings. The average molecular weight is 679 g/mol. The van der Waals surface area contributed by atoms with Crippen LogP contribution in [0.1, 0.15) is 104 Å². The molecule has 1 aromatic carbocycles. The van der Waals surface area contributed by atoms with Crippen LogP contribution in [-0.4, -0.2) is 50.1 Å². The van der Waals surface area contributed by atoms with Crippen molar-refractivity contribution in [1.29, 1.82) is 0 Å². The number of imidazole rings is 1. The molecule has 252 valence electrons. The number of rotatable bonds is 26. The van der Waals surface area contributed by atoms with Gasteiger partial charge in [-0.25, -0.2) is 15.0 Å². The fraction of sp³-hybridized carbons (Fsp3) is 0.667. The summed E-state index contributed by atoms with van der Waals surface area (Å²) in [5.41, 5.74) is 7.83. The lowest BCUT2D eigenvalue weighted by molar-refractivity contribution is 0.0805. The van der Waals surface area contributed by atoms with Crippen molar-refractivity contribution in [3.8, 4) is 0 Å². The predicted molar refractivity (Wildman–Crippen MR) is 194 cm³/mol. The Bertz CT molecular complexity index is 1300. The number of anilines is 2. The van der Waals surface area contributed by atoms with Crippen molar-refractivity contribution >= 4 is 50.8 Å². The van der Waals surface area contributed by atoms with Gasteiger partial charge in [-0.3, -0.25) is 4.57 Å². The molecule has 0 bridgehead atoms. The minimum Gasteiger partial charge on any atom is -0.382 e. The van der Waals surface area contributed by atoms with Crippen molar-refractivity contribution in [3.05, 3.63) is 43.0 Å². The van der Waals surface area contributed by atoms with Crippen molar-refractivity contribution in [1.82, 2.24) is 19.5 Å². The molecule has 0 aliphatic rings. The number of nitrogens with zero attached hydrogens (tertiary/aromatic N) is 4. The van der Waals surface area contributed by atoms with Gasteiger partial charge in [0, 0.05) is 11.4 Å². The number of nitrogens with two attached hydrogens (primary N) is 1. The van der Waals surface area contributed by atoms with Gasteiger partial charge in [0.15, 0.2) is 11.5 Å². The van der Waals surface area contributed by atoms with Gasteiger partial charge >= 0.3 is 7.52 Å². The molecular weight excluding hydrogens is 624 g/mol. The number of para-hydroxylation sites is 1. The first kappa shape index (κ1) is 37.5.